The van der Waals surface area contributed by atoms with E-state index in [2.05, 4.69) is 10.6 Å². The Hall–Kier alpha value is -4.59. The van der Waals surface area contributed by atoms with Crippen LogP contribution in [0.25, 0.3) is 0 Å². The van der Waals surface area contributed by atoms with E-state index >= 15 is 0 Å². The maximum absolute atomic E-state index is 12.7. The second-order valence-corrected chi connectivity index (χ2v) is 6.76. The predicted molar refractivity (Wildman–Crippen MR) is 114 cm³/mol. The lowest BCUT2D eigenvalue weighted by atomic mass is 9.92. The molecule has 1 aliphatic rings. The van der Waals surface area contributed by atoms with Crippen LogP contribution >= 0.6 is 0 Å². The third kappa shape index (κ3) is 4.08. The van der Waals surface area contributed by atoms with Crippen LogP contribution in [0.1, 0.15) is 31.1 Å². The number of nitrogens with one attached hydrogen (secondary N) is 2. The van der Waals surface area contributed by atoms with Gasteiger partial charge in [0.25, 0.3) is 11.6 Å². The molecule has 0 bridgehead atoms. The van der Waals surface area contributed by atoms with Crippen LogP contribution in [0.15, 0.2) is 84.6 Å². The summed E-state index contributed by atoms with van der Waals surface area (Å²) in [4.78, 5) is 47.8. The number of Topliss-reactive ketones (excluding diaryl/α,β-unsaturated/α-hetero) is 1. The van der Waals surface area contributed by atoms with Crippen LogP contribution in [-0.2, 0) is 0 Å². The number of non-ortho nitro benzene ring substituents is 1. The number of benzene rings is 3. The van der Waals surface area contributed by atoms with E-state index in [0.29, 0.717) is 22.5 Å². The predicted octanol–water partition coefficient (Wildman–Crippen LogP) is 4.22. The molecular formula is C23H15N3O5. The van der Waals surface area contributed by atoms with Crippen molar-refractivity contribution in [1.29, 1.82) is 0 Å². The van der Waals surface area contributed by atoms with E-state index in [0.717, 1.165) is 0 Å². The number of nitro benzene ring substituents is 1. The molecule has 0 saturated carbocycles. The van der Waals surface area contributed by atoms with Gasteiger partial charge in [-0.25, -0.2) is 0 Å². The normalized spacial score (nSPS) is 12.6. The van der Waals surface area contributed by atoms with Gasteiger partial charge in [0.15, 0.2) is 5.78 Å². The smallest absolute Gasteiger partial charge is 0.270 e. The van der Waals surface area contributed by atoms with E-state index in [-0.39, 0.29) is 28.5 Å². The SMILES string of the molecule is O=C(Nc1cccc(NC2=CC(=O)c3ccccc3C2=O)c1)c1cccc([N+](=O)[O-])c1. The largest absolute Gasteiger partial charge is 0.352 e. The topological polar surface area (TPSA) is 118 Å². The molecule has 0 unspecified atom stereocenters. The quantitative estimate of drug-likeness (QED) is 0.477. The number of nitro groups is 1. The minimum atomic E-state index is -0.574. The number of fused-ring (bicyclic) bond motifs is 1. The maximum atomic E-state index is 12.7. The van der Waals surface area contributed by atoms with Crippen molar-refractivity contribution in [3.63, 3.8) is 0 Å². The van der Waals surface area contributed by atoms with E-state index in [1.807, 2.05) is 0 Å². The second kappa shape index (κ2) is 8.03. The van der Waals surface area contributed by atoms with Crippen LogP contribution in [0.5, 0.6) is 0 Å². The van der Waals surface area contributed by atoms with E-state index in [4.69, 9.17) is 0 Å². The molecule has 8 nitrogen and oxygen atoms in total. The maximum Gasteiger partial charge on any atom is 0.270 e. The van der Waals surface area contributed by atoms with Gasteiger partial charge in [0, 0.05) is 46.3 Å². The zero-order valence-corrected chi connectivity index (χ0v) is 16.0. The first-order valence-corrected chi connectivity index (χ1v) is 9.25. The monoisotopic (exact) mass is 413 g/mol. The lowest BCUT2D eigenvalue weighted by Crippen LogP contribution is -2.21. The summed E-state index contributed by atoms with van der Waals surface area (Å²) < 4.78 is 0. The highest BCUT2D eigenvalue weighted by Crippen LogP contribution is 2.24. The van der Waals surface area contributed by atoms with Gasteiger partial charge in [0.1, 0.15) is 0 Å². The standard InChI is InChI=1S/C23H15N3O5/c27-21-13-20(22(28)19-10-2-1-9-18(19)21)24-15-6-4-7-16(12-15)25-23(29)14-5-3-8-17(11-14)26(30)31/h1-13,24H,(H,25,29). The summed E-state index contributed by atoms with van der Waals surface area (Å²) in [5.74, 6) is -1.09. The molecule has 0 aliphatic heterocycles. The Morgan fingerprint density at radius 3 is 2.32 bits per heavy atom. The fraction of sp³-hybridized carbons (Fsp3) is 0. The highest BCUT2D eigenvalue weighted by atomic mass is 16.6. The average molecular weight is 413 g/mol. The molecule has 0 aromatic heterocycles. The molecule has 8 heteroatoms. The second-order valence-electron chi connectivity index (χ2n) is 6.76. The van der Waals surface area contributed by atoms with Crippen LogP contribution in [0.3, 0.4) is 0 Å². The molecule has 2 N–H and O–H groups in total. The van der Waals surface area contributed by atoms with E-state index in [9.17, 15) is 24.5 Å². The van der Waals surface area contributed by atoms with E-state index in [1.54, 1.807) is 48.5 Å². The van der Waals surface area contributed by atoms with Crippen molar-refractivity contribution in [1.82, 2.24) is 0 Å². The lowest BCUT2D eigenvalue weighted by molar-refractivity contribution is -0.384. The summed E-state index contributed by atoms with van der Waals surface area (Å²) in [5.41, 5.74) is 1.67. The summed E-state index contributed by atoms with van der Waals surface area (Å²) in [7, 11) is 0. The van der Waals surface area contributed by atoms with Crippen LogP contribution in [0, 0.1) is 10.1 Å². The number of hydrogen-bond acceptors (Lipinski definition) is 6. The first-order valence-electron chi connectivity index (χ1n) is 9.25. The Balaban J connectivity index is 1.52. The van der Waals surface area contributed by atoms with Gasteiger partial charge in [-0.1, -0.05) is 36.4 Å². The summed E-state index contributed by atoms with van der Waals surface area (Å²) in [6, 6.07) is 18.6. The molecule has 3 aromatic rings. The lowest BCUT2D eigenvalue weighted by Gasteiger charge is -2.17. The first kappa shape index (κ1) is 19.7. The van der Waals surface area contributed by atoms with Gasteiger partial charge in [0.05, 0.1) is 10.6 Å². The Labute approximate surface area is 176 Å². The van der Waals surface area contributed by atoms with Crippen molar-refractivity contribution in [2.45, 2.75) is 0 Å². The molecule has 1 aliphatic carbocycles. The van der Waals surface area contributed by atoms with Crippen molar-refractivity contribution >= 4 is 34.5 Å². The fourth-order valence-electron chi connectivity index (χ4n) is 3.20. The zero-order chi connectivity index (χ0) is 22.0. The number of amides is 1. The third-order valence-electron chi connectivity index (χ3n) is 4.68. The zero-order valence-electron chi connectivity index (χ0n) is 16.0. The molecule has 31 heavy (non-hydrogen) atoms. The van der Waals surface area contributed by atoms with E-state index < -0.39 is 10.8 Å². The van der Waals surface area contributed by atoms with Crippen LogP contribution in [-0.4, -0.2) is 22.4 Å². The Bertz CT molecular complexity index is 1280. The molecule has 152 valence electrons. The Kier molecular flexibility index (Phi) is 5.11. The summed E-state index contributed by atoms with van der Waals surface area (Å²) in [6.45, 7) is 0. The number of anilines is 2. The van der Waals surface area contributed by atoms with Gasteiger partial charge in [0.2, 0.25) is 5.78 Å². The van der Waals surface area contributed by atoms with Crippen molar-refractivity contribution in [2.75, 3.05) is 10.6 Å². The molecule has 3 aromatic carbocycles. The number of allylic oxidation sites excluding steroid dienone is 2. The highest BCUT2D eigenvalue weighted by Gasteiger charge is 2.25. The molecule has 0 radical (unpaired) electrons. The summed E-state index contributed by atoms with van der Waals surface area (Å²) >= 11 is 0. The Morgan fingerprint density at radius 2 is 1.55 bits per heavy atom. The number of nitrogens with zero attached hydrogens (tertiary/aromatic N) is 1. The molecule has 0 heterocycles. The molecule has 4 rings (SSSR count). The van der Waals surface area contributed by atoms with Gasteiger partial charge < -0.3 is 10.6 Å². The first-order chi connectivity index (χ1) is 14.9. The summed E-state index contributed by atoms with van der Waals surface area (Å²) in [5, 5.41) is 16.5. The molecule has 0 spiro atoms. The van der Waals surface area contributed by atoms with Gasteiger partial charge >= 0.3 is 0 Å². The molecule has 1 amide bonds. The number of ketones is 2. The van der Waals surface area contributed by atoms with Gasteiger partial charge in [-0.3, -0.25) is 24.5 Å². The molecule has 0 atom stereocenters. The van der Waals surface area contributed by atoms with Crippen molar-refractivity contribution < 1.29 is 19.3 Å². The van der Waals surface area contributed by atoms with Gasteiger partial charge in [-0.15, -0.1) is 0 Å². The van der Waals surface area contributed by atoms with Crippen molar-refractivity contribution in [3.05, 3.63) is 111 Å². The summed E-state index contributed by atoms with van der Waals surface area (Å²) in [6.07, 6.45) is 1.25. The van der Waals surface area contributed by atoms with Crippen LogP contribution < -0.4 is 10.6 Å². The molecule has 0 fully saturated rings. The van der Waals surface area contributed by atoms with Gasteiger partial charge in [-0.05, 0) is 24.3 Å². The number of hydrogen-bond donors (Lipinski definition) is 2. The van der Waals surface area contributed by atoms with Crippen molar-refractivity contribution in [3.8, 4) is 0 Å². The van der Waals surface area contributed by atoms with Crippen LogP contribution in [0.2, 0.25) is 0 Å². The minimum absolute atomic E-state index is 0.130. The third-order valence-corrected chi connectivity index (χ3v) is 4.68. The fourth-order valence-corrected chi connectivity index (χ4v) is 3.20. The minimum Gasteiger partial charge on any atom is -0.352 e. The molecular weight excluding hydrogens is 398 g/mol. The van der Waals surface area contributed by atoms with E-state index in [1.165, 1.54) is 30.3 Å². The average Bonchev–Trinajstić information content (AvgIpc) is 2.77. The highest BCUT2D eigenvalue weighted by molar-refractivity contribution is 6.25. The number of carbonyl (C=O) groups is 3. The number of carbonyl (C=O) groups excluding carboxylic acids is 3. The van der Waals surface area contributed by atoms with Crippen molar-refractivity contribution in [2.24, 2.45) is 0 Å². The van der Waals surface area contributed by atoms with Gasteiger partial charge in [-0.2, -0.15) is 0 Å². The van der Waals surface area contributed by atoms with Crippen LogP contribution in [0.4, 0.5) is 17.1 Å². The number of rotatable bonds is 5. The molecule has 0 saturated heterocycles. The Morgan fingerprint density at radius 1 is 0.839 bits per heavy atom.